The fourth-order valence-electron chi connectivity index (χ4n) is 1.29. The van der Waals surface area contributed by atoms with Gasteiger partial charge in [0.2, 0.25) is 5.91 Å². The summed E-state index contributed by atoms with van der Waals surface area (Å²) < 4.78 is 5.33. The second-order valence-corrected chi connectivity index (χ2v) is 4.54. The summed E-state index contributed by atoms with van der Waals surface area (Å²) in [5.74, 6) is 0.124. The molecule has 1 amide bonds. The Bertz CT molecular complexity index is 216. The Morgan fingerprint density at radius 2 is 2.20 bits per heavy atom. The topological polar surface area (TPSA) is 64.3 Å². The van der Waals surface area contributed by atoms with E-state index in [0.717, 1.165) is 6.42 Å². The quantitative estimate of drug-likeness (QED) is 0.738. The number of carbonyl (C=O) groups is 1. The molecule has 0 spiro atoms. The summed E-state index contributed by atoms with van der Waals surface area (Å²) >= 11 is 0. The molecule has 0 aromatic rings. The fourth-order valence-corrected chi connectivity index (χ4v) is 1.29. The first-order valence-corrected chi connectivity index (χ1v) is 5.12. The number of ether oxygens (including phenoxy) is 1. The lowest BCUT2D eigenvalue weighted by Crippen LogP contribution is -2.45. The predicted molar refractivity (Wildman–Crippen MR) is 62.0 cm³/mol. The van der Waals surface area contributed by atoms with Gasteiger partial charge < -0.3 is 15.8 Å². The van der Waals surface area contributed by atoms with Gasteiger partial charge in [0, 0.05) is 18.7 Å². The first kappa shape index (κ1) is 14.7. The van der Waals surface area contributed by atoms with Crippen molar-refractivity contribution in [2.75, 3.05) is 13.2 Å². The molecule has 0 aromatic carbocycles. The van der Waals surface area contributed by atoms with E-state index in [2.05, 4.69) is 5.32 Å². The molecule has 4 nitrogen and oxygen atoms in total. The Kier molecular flexibility index (Phi) is 5.56. The van der Waals surface area contributed by atoms with Crippen LogP contribution in [0.1, 0.15) is 27.2 Å². The summed E-state index contributed by atoms with van der Waals surface area (Å²) in [6.45, 7) is 6.91. The van der Waals surface area contributed by atoms with Crippen LogP contribution in [-0.2, 0) is 9.53 Å². The summed E-state index contributed by atoms with van der Waals surface area (Å²) in [4.78, 5) is 11.5. The lowest BCUT2D eigenvalue weighted by molar-refractivity contribution is -0.123. The van der Waals surface area contributed by atoms with E-state index < -0.39 is 0 Å². The zero-order valence-corrected chi connectivity index (χ0v) is 10.4. The monoisotopic (exact) mass is 236 g/mol. The van der Waals surface area contributed by atoms with Crippen molar-refractivity contribution in [3.63, 3.8) is 0 Å². The maximum absolute atomic E-state index is 11.5. The van der Waals surface area contributed by atoms with Gasteiger partial charge in [-0.05, 0) is 27.2 Å². The maximum atomic E-state index is 11.5. The molecule has 0 aliphatic heterocycles. The van der Waals surface area contributed by atoms with E-state index in [1.54, 1.807) is 0 Å². The molecular weight excluding hydrogens is 216 g/mol. The van der Waals surface area contributed by atoms with Gasteiger partial charge in [0.05, 0.1) is 12.0 Å². The van der Waals surface area contributed by atoms with Gasteiger partial charge in [0.1, 0.15) is 0 Å². The van der Waals surface area contributed by atoms with Crippen LogP contribution in [0.15, 0.2) is 0 Å². The van der Waals surface area contributed by atoms with Crippen LogP contribution >= 0.6 is 12.4 Å². The summed E-state index contributed by atoms with van der Waals surface area (Å²) in [5.41, 5.74) is 5.41. The van der Waals surface area contributed by atoms with Crippen molar-refractivity contribution in [1.82, 2.24) is 5.32 Å². The molecule has 0 heterocycles. The Hall–Kier alpha value is -0.320. The van der Waals surface area contributed by atoms with Crippen molar-refractivity contribution in [2.24, 2.45) is 11.7 Å². The highest BCUT2D eigenvalue weighted by Gasteiger charge is 2.43. The van der Waals surface area contributed by atoms with Gasteiger partial charge in [-0.2, -0.15) is 0 Å². The van der Waals surface area contributed by atoms with E-state index in [-0.39, 0.29) is 35.9 Å². The number of halogens is 1. The van der Waals surface area contributed by atoms with Crippen molar-refractivity contribution in [3.8, 4) is 0 Å². The molecule has 1 aliphatic rings. The standard InChI is InChI=1S/C10H20N2O2.ClH/c1-4-14-8-5-7(8)9(13)12-6-10(2,3)11;/h7-8H,4-6,11H2,1-3H3,(H,12,13);1H. The molecule has 1 rings (SSSR count). The third-order valence-corrected chi connectivity index (χ3v) is 2.17. The van der Waals surface area contributed by atoms with E-state index in [1.165, 1.54) is 0 Å². The van der Waals surface area contributed by atoms with E-state index in [1.807, 2.05) is 20.8 Å². The van der Waals surface area contributed by atoms with Crippen molar-refractivity contribution in [1.29, 1.82) is 0 Å². The Morgan fingerprint density at radius 1 is 1.60 bits per heavy atom. The summed E-state index contributed by atoms with van der Waals surface area (Å²) in [7, 11) is 0. The van der Waals surface area contributed by atoms with Gasteiger partial charge in [-0.1, -0.05) is 0 Å². The van der Waals surface area contributed by atoms with E-state index in [0.29, 0.717) is 13.2 Å². The zero-order chi connectivity index (χ0) is 10.8. The van der Waals surface area contributed by atoms with Crippen molar-refractivity contribution < 1.29 is 9.53 Å². The number of amides is 1. The third-order valence-electron chi connectivity index (χ3n) is 2.17. The molecule has 0 saturated heterocycles. The lowest BCUT2D eigenvalue weighted by atomic mass is 10.1. The lowest BCUT2D eigenvalue weighted by Gasteiger charge is -2.18. The normalized spacial score (nSPS) is 24.3. The van der Waals surface area contributed by atoms with Crippen LogP contribution in [-0.4, -0.2) is 30.7 Å². The Labute approximate surface area is 97.3 Å². The SMILES string of the molecule is CCOC1CC1C(=O)NCC(C)(C)N.Cl. The third kappa shape index (κ3) is 5.35. The minimum atomic E-state index is -0.342. The number of hydrogen-bond acceptors (Lipinski definition) is 3. The molecule has 90 valence electrons. The van der Waals surface area contributed by atoms with Crippen LogP contribution in [0, 0.1) is 5.92 Å². The van der Waals surface area contributed by atoms with Crippen LogP contribution in [0.5, 0.6) is 0 Å². The smallest absolute Gasteiger partial charge is 0.225 e. The van der Waals surface area contributed by atoms with Gasteiger partial charge >= 0.3 is 0 Å². The van der Waals surface area contributed by atoms with Crippen molar-refractivity contribution >= 4 is 18.3 Å². The molecule has 15 heavy (non-hydrogen) atoms. The number of nitrogens with one attached hydrogen (secondary N) is 1. The van der Waals surface area contributed by atoms with Gasteiger partial charge in [0.15, 0.2) is 0 Å². The summed E-state index contributed by atoms with van der Waals surface area (Å²) in [6, 6.07) is 0. The molecule has 5 heteroatoms. The van der Waals surface area contributed by atoms with Crippen LogP contribution in [0.4, 0.5) is 0 Å². The average Bonchev–Trinajstić information content (AvgIpc) is 2.79. The minimum Gasteiger partial charge on any atom is -0.378 e. The summed E-state index contributed by atoms with van der Waals surface area (Å²) in [5, 5.41) is 2.83. The van der Waals surface area contributed by atoms with Crippen LogP contribution in [0.2, 0.25) is 0 Å². The second kappa shape index (κ2) is 5.68. The Balaban J connectivity index is 0.00000196. The molecule has 2 atom stereocenters. The molecule has 0 aromatic heterocycles. The van der Waals surface area contributed by atoms with Crippen molar-refractivity contribution in [2.45, 2.75) is 38.8 Å². The molecule has 0 radical (unpaired) electrons. The van der Waals surface area contributed by atoms with Crippen LogP contribution in [0.25, 0.3) is 0 Å². The zero-order valence-electron chi connectivity index (χ0n) is 9.58. The molecule has 1 saturated carbocycles. The first-order valence-electron chi connectivity index (χ1n) is 5.12. The minimum absolute atomic E-state index is 0. The molecular formula is C10H21ClN2O2. The number of nitrogens with two attached hydrogens (primary N) is 1. The van der Waals surface area contributed by atoms with E-state index in [9.17, 15) is 4.79 Å². The average molecular weight is 237 g/mol. The highest BCUT2D eigenvalue weighted by atomic mass is 35.5. The molecule has 3 N–H and O–H groups in total. The van der Waals surface area contributed by atoms with Crippen molar-refractivity contribution in [3.05, 3.63) is 0 Å². The largest absolute Gasteiger partial charge is 0.378 e. The first-order chi connectivity index (χ1) is 6.44. The highest BCUT2D eigenvalue weighted by molar-refractivity contribution is 5.85. The van der Waals surface area contributed by atoms with Crippen LogP contribution in [0.3, 0.4) is 0 Å². The number of rotatable bonds is 5. The maximum Gasteiger partial charge on any atom is 0.225 e. The van der Waals surface area contributed by atoms with Gasteiger partial charge in [-0.3, -0.25) is 4.79 Å². The predicted octanol–water partition coefficient (Wildman–Crippen LogP) is 0.687. The van der Waals surface area contributed by atoms with Gasteiger partial charge in [0.25, 0.3) is 0 Å². The second-order valence-electron chi connectivity index (χ2n) is 4.54. The fraction of sp³-hybridized carbons (Fsp3) is 0.900. The van der Waals surface area contributed by atoms with E-state index >= 15 is 0 Å². The van der Waals surface area contributed by atoms with Gasteiger partial charge in [-0.15, -0.1) is 12.4 Å². The van der Waals surface area contributed by atoms with Gasteiger partial charge in [-0.25, -0.2) is 0 Å². The number of carbonyl (C=O) groups excluding carboxylic acids is 1. The van der Waals surface area contributed by atoms with Crippen LogP contribution < -0.4 is 11.1 Å². The Morgan fingerprint density at radius 3 is 2.67 bits per heavy atom. The number of hydrogen-bond donors (Lipinski definition) is 2. The molecule has 1 aliphatic carbocycles. The molecule has 2 unspecified atom stereocenters. The van der Waals surface area contributed by atoms with E-state index in [4.69, 9.17) is 10.5 Å². The summed E-state index contributed by atoms with van der Waals surface area (Å²) in [6.07, 6.45) is 0.992. The molecule has 1 fully saturated rings. The molecule has 0 bridgehead atoms. The highest BCUT2D eigenvalue weighted by Crippen LogP contribution is 2.33.